The molecule has 1 rings (SSSR count). The molecule has 4 heteroatoms. The van der Waals surface area contributed by atoms with E-state index < -0.39 is 6.29 Å². The second-order valence-electron chi connectivity index (χ2n) is 3.99. The van der Waals surface area contributed by atoms with E-state index >= 15 is 0 Å². The van der Waals surface area contributed by atoms with Crippen LogP contribution in [0, 0.1) is 0 Å². The number of ether oxygens (including phenoxy) is 3. The van der Waals surface area contributed by atoms with Gasteiger partial charge in [-0.3, -0.25) is 4.79 Å². The topological polar surface area (TPSA) is 44.8 Å². The Morgan fingerprint density at radius 3 is 2.37 bits per heavy atom. The van der Waals surface area contributed by atoms with Gasteiger partial charge in [-0.25, -0.2) is 0 Å². The molecule has 0 radical (unpaired) electrons. The molecule has 106 valence electrons. The third-order valence-corrected chi connectivity index (χ3v) is 2.69. The molecule has 0 heterocycles. The molecule has 0 amide bonds. The average Bonchev–Trinajstić information content (AvgIpc) is 2.45. The molecule has 19 heavy (non-hydrogen) atoms. The van der Waals surface area contributed by atoms with E-state index in [1.54, 1.807) is 0 Å². The lowest BCUT2D eigenvalue weighted by Crippen LogP contribution is -2.25. The van der Waals surface area contributed by atoms with Gasteiger partial charge in [0.25, 0.3) is 0 Å². The van der Waals surface area contributed by atoms with Crippen molar-refractivity contribution >= 4 is 6.29 Å². The molecule has 4 nitrogen and oxygen atoms in total. The standard InChI is InChI=1S/C15H22O4/c1-4-12-7-8-14(13(9-12)10-16)19-11-15(17-5-2)18-6-3/h7-10,15H,4-6,11H2,1-3H3. The maximum Gasteiger partial charge on any atom is 0.191 e. The van der Waals surface area contributed by atoms with Crippen LogP contribution in [0.4, 0.5) is 0 Å². The van der Waals surface area contributed by atoms with Gasteiger partial charge < -0.3 is 14.2 Å². The Kier molecular flexibility index (Phi) is 7.15. The molecule has 0 aromatic heterocycles. The van der Waals surface area contributed by atoms with Crippen molar-refractivity contribution in [1.82, 2.24) is 0 Å². The molecular formula is C15H22O4. The normalized spacial score (nSPS) is 10.7. The van der Waals surface area contributed by atoms with Gasteiger partial charge in [0, 0.05) is 13.2 Å². The zero-order chi connectivity index (χ0) is 14.1. The quantitative estimate of drug-likeness (QED) is 0.509. The number of aryl methyl sites for hydroxylation is 1. The van der Waals surface area contributed by atoms with Gasteiger partial charge in [-0.2, -0.15) is 0 Å². The van der Waals surface area contributed by atoms with Crippen molar-refractivity contribution in [2.75, 3.05) is 19.8 Å². The third kappa shape index (κ3) is 5.01. The van der Waals surface area contributed by atoms with Crippen LogP contribution in [0.25, 0.3) is 0 Å². The third-order valence-electron chi connectivity index (χ3n) is 2.69. The smallest absolute Gasteiger partial charge is 0.191 e. The van der Waals surface area contributed by atoms with E-state index in [1.807, 2.05) is 39.0 Å². The first kappa shape index (κ1) is 15.7. The molecule has 0 spiro atoms. The fourth-order valence-electron chi connectivity index (χ4n) is 1.72. The van der Waals surface area contributed by atoms with Crippen molar-refractivity contribution in [2.45, 2.75) is 33.5 Å². The van der Waals surface area contributed by atoms with Gasteiger partial charge in [-0.05, 0) is 38.0 Å². The average molecular weight is 266 g/mol. The Bertz CT molecular complexity index is 384. The highest BCUT2D eigenvalue weighted by Gasteiger charge is 2.11. The number of aldehydes is 1. The summed E-state index contributed by atoms with van der Waals surface area (Å²) in [6, 6.07) is 5.62. The van der Waals surface area contributed by atoms with Crippen molar-refractivity contribution in [2.24, 2.45) is 0 Å². The van der Waals surface area contributed by atoms with Crippen molar-refractivity contribution in [3.63, 3.8) is 0 Å². The summed E-state index contributed by atoms with van der Waals surface area (Å²) in [4.78, 5) is 11.0. The minimum absolute atomic E-state index is 0.272. The number of hydrogen-bond donors (Lipinski definition) is 0. The Labute approximate surface area is 114 Å². The van der Waals surface area contributed by atoms with Crippen LogP contribution in [0.3, 0.4) is 0 Å². The van der Waals surface area contributed by atoms with Crippen molar-refractivity contribution < 1.29 is 19.0 Å². The predicted molar refractivity (Wildman–Crippen MR) is 73.7 cm³/mol. The first-order chi connectivity index (χ1) is 9.24. The van der Waals surface area contributed by atoms with Gasteiger partial charge in [-0.1, -0.05) is 13.0 Å². The molecule has 0 N–H and O–H groups in total. The molecular weight excluding hydrogens is 244 g/mol. The minimum Gasteiger partial charge on any atom is -0.488 e. The molecule has 0 atom stereocenters. The number of rotatable bonds is 9. The summed E-state index contributed by atoms with van der Waals surface area (Å²) in [5.41, 5.74) is 1.67. The Hall–Kier alpha value is -1.39. The predicted octanol–water partition coefficient (Wildman–Crippen LogP) is 2.84. The monoisotopic (exact) mass is 266 g/mol. The van der Waals surface area contributed by atoms with Gasteiger partial charge in [0.05, 0.1) is 5.56 Å². The van der Waals surface area contributed by atoms with E-state index in [0.717, 1.165) is 18.3 Å². The van der Waals surface area contributed by atoms with E-state index in [9.17, 15) is 4.79 Å². The highest BCUT2D eigenvalue weighted by atomic mass is 16.7. The van der Waals surface area contributed by atoms with Crippen LogP contribution in [-0.2, 0) is 15.9 Å². The zero-order valence-electron chi connectivity index (χ0n) is 11.8. The summed E-state index contributed by atoms with van der Waals surface area (Å²) in [6.07, 6.45) is 1.30. The first-order valence-corrected chi connectivity index (χ1v) is 6.69. The van der Waals surface area contributed by atoms with Crippen LogP contribution >= 0.6 is 0 Å². The van der Waals surface area contributed by atoms with Crippen molar-refractivity contribution in [1.29, 1.82) is 0 Å². The molecule has 0 unspecified atom stereocenters. The molecule has 0 saturated heterocycles. The largest absolute Gasteiger partial charge is 0.488 e. The van der Waals surface area contributed by atoms with Crippen LogP contribution in [-0.4, -0.2) is 32.4 Å². The summed E-state index contributed by atoms with van der Waals surface area (Å²) in [5, 5.41) is 0. The Morgan fingerprint density at radius 1 is 1.16 bits per heavy atom. The SMILES string of the molecule is CCOC(COc1ccc(CC)cc1C=O)OCC. The fourth-order valence-corrected chi connectivity index (χ4v) is 1.72. The highest BCUT2D eigenvalue weighted by Crippen LogP contribution is 2.19. The van der Waals surface area contributed by atoms with Gasteiger partial charge in [0.15, 0.2) is 12.6 Å². The molecule has 0 bridgehead atoms. The summed E-state index contributed by atoms with van der Waals surface area (Å²) >= 11 is 0. The van der Waals surface area contributed by atoms with Crippen LogP contribution < -0.4 is 4.74 Å². The number of carbonyl (C=O) groups is 1. The second kappa shape index (κ2) is 8.67. The molecule has 1 aromatic carbocycles. The van der Waals surface area contributed by atoms with Crippen molar-refractivity contribution in [3.8, 4) is 5.75 Å². The Balaban J connectivity index is 2.67. The maximum atomic E-state index is 11.0. The van der Waals surface area contributed by atoms with Crippen LogP contribution in [0.5, 0.6) is 5.75 Å². The van der Waals surface area contributed by atoms with E-state index in [4.69, 9.17) is 14.2 Å². The lowest BCUT2D eigenvalue weighted by atomic mass is 10.1. The van der Waals surface area contributed by atoms with Crippen LogP contribution in [0.2, 0.25) is 0 Å². The number of carbonyl (C=O) groups excluding carboxylic acids is 1. The van der Waals surface area contributed by atoms with E-state index in [0.29, 0.717) is 24.5 Å². The number of hydrogen-bond acceptors (Lipinski definition) is 4. The molecule has 0 aliphatic carbocycles. The maximum absolute atomic E-state index is 11.0. The highest BCUT2D eigenvalue weighted by molar-refractivity contribution is 5.79. The van der Waals surface area contributed by atoms with E-state index in [-0.39, 0.29) is 6.61 Å². The van der Waals surface area contributed by atoms with Gasteiger partial charge in [0.1, 0.15) is 12.4 Å². The Morgan fingerprint density at radius 2 is 1.84 bits per heavy atom. The molecule has 0 aliphatic rings. The van der Waals surface area contributed by atoms with Gasteiger partial charge in [0.2, 0.25) is 0 Å². The molecule has 0 saturated carbocycles. The minimum atomic E-state index is -0.402. The fraction of sp³-hybridized carbons (Fsp3) is 0.533. The second-order valence-corrected chi connectivity index (χ2v) is 3.99. The molecule has 1 aromatic rings. The molecule has 0 aliphatic heterocycles. The van der Waals surface area contributed by atoms with Gasteiger partial charge in [-0.15, -0.1) is 0 Å². The summed E-state index contributed by atoms with van der Waals surface area (Å²) in [5.74, 6) is 0.566. The summed E-state index contributed by atoms with van der Waals surface area (Å²) in [7, 11) is 0. The van der Waals surface area contributed by atoms with Crippen LogP contribution in [0.1, 0.15) is 36.7 Å². The first-order valence-electron chi connectivity index (χ1n) is 6.69. The van der Waals surface area contributed by atoms with E-state index in [1.165, 1.54) is 0 Å². The summed E-state index contributed by atoms with van der Waals surface area (Å²) < 4.78 is 16.4. The summed E-state index contributed by atoms with van der Waals surface area (Å²) in [6.45, 7) is 7.24. The van der Waals surface area contributed by atoms with Crippen LogP contribution in [0.15, 0.2) is 18.2 Å². The van der Waals surface area contributed by atoms with Crippen molar-refractivity contribution in [3.05, 3.63) is 29.3 Å². The zero-order valence-corrected chi connectivity index (χ0v) is 11.8. The molecule has 0 fully saturated rings. The number of benzene rings is 1. The lowest BCUT2D eigenvalue weighted by molar-refractivity contribution is -0.152. The lowest BCUT2D eigenvalue weighted by Gasteiger charge is -2.18. The van der Waals surface area contributed by atoms with E-state index in [2.05, 4.69) is 0 Å². The van der Waals surface area contributed by atoms with Gasteiger partial charge >= 0.3 is 0 Å².